The molecule has 2 fully saturated rings. The average molecular weight is 198 g/mol. The Morgan fingerprint density at radius 2 is 2.21 bits per heavy atom. The summed E-state index contributed by atoms with van der Waals surface area (Å²) in [7, 11) is 0. The maximum absolute atomic E-state index is 5.44. The van der Waals surface area contributed by atoms with E-state index in [-0.39, 0.29) is 0 Å². The highest BCUT2D eigenvalue weighted by atomic mass is 16.5. The van der Waals surface area contributed by atoms with E-state index in [2.05, 4.69) is 24.1 Å². The average Bonchev–Trinajstić information content (AvgIpc) is 2.13. The number of hydrogen-bond acceptors (Lipinski definition) is 3. The van der Waals surface area contributed by atoms with Gasteiger partial charge in [-0.25, -0.2) is 0 Å². The number of nitrogens with one attached hydrogen (secondary N) is 1. The molecule has 0 aliphatic carbocycles. The molecule has 2 saturated heterocycles. The summed E-state index contributed by atoms with van der Waals surface area (Å²) >= 11 is 0. The van der Waals surface area contributed by atoms with Crippen LogP contribution in [-0.2, 0) is 4.74 Å². The van der Waals surface area contributed by atoms with Crippen molar-refractivity contribution in [3.8, 4) is 0 Å². The molecule has 2 aliphatic heterocycles. The van der Waals surface area contributed by atoms with Crippen molar-refractivity contribution < 1.29 is 4.74 Å². The first-order valence-electron chi connectivity index (χ1n) is 5.85. The molecule has 0 aromatic carbocycles. The van der Waals surface area contributed by atoms with Gasteiger partial charge in [-0.2, -0.15) is 0 Å². The lowest BCUT2D eigenvalue weighted by molar-refractivity contribution is 0.0234. The fourth-order valence-electron chi connectivity index (χ4n) is 2.36. The SMILES string of the molecule is CCN1CC(NC2CCOCC2C)C1. The standard InChI is InChI=1S/C11H22N2O/c1-3-13-6-10(7-13)12-11-4-5-14-8-9(11)2/h9-12H,3-8H2,1-2H3. The van der Waals surface area contributed by atoms with Gasteiger partial charge in [0.05, 0.1) is 6.61 Å². The number of likely N-dealkylation sites (tertiary alicyclic amines) is 1. The van der Waals surface area contributed by atoms with Crippen LogP contribution in [0.5, 0.6) is 0 Å². The van der Waals surface area contributed by atoms with Crippen molar-refractivity contribution in [3.05, 3.63) is 0 Å². The second kappa shape index (κ2) is 4.60. The van der Waals surface area contributed by atoms with Crippen molar-refractivity contribution in [1.82, 2.24) is 10.2 Å². The number of rotatable bonds is 3. The quantitative estimate of drug-likeness (QED) is 0.722. The summed E-state index contributed by atoms with van der Waals surface area (Å²) in [6.45, 7) is 10.1. The zero-order valence-electron chi connectivity index (χ0n) is 9.33. The van der Waals surface area contributed by atoms with E-state index < -0.39 is 0 Å². The van der Waals surface area contributed by atoms with Crippen LogP contribution in [0.25, 0.3) is 0 Å². The van der Waals surface area contributed by atoms with E-state index in [1.807, 2.05) is 0 Å². The molecule has 0 spiro atoms. The summed E-state index contributed by atoms with van der Waals surface area (Å²) < 4.78 is 5.44. The van der Waals surface area contributed by atoms with Gasteiger partial charge in [-0.1, -0.05) is 13.8 Å². The normalized spacial score (nSPS) is 35.6. The van der Waals surface area contributed by atoms with Gasteiger partial charge in [0.1, 0.15) is 0 Å². The zero-order chi connectivity index (χ0) is 9.97. The highest BCUT2D eigenvalue weighted by Gasteiger charge is 2.30. The molecule has 3 nitrogen and oxygen atoms in total. The molecule has 2 unspecified atom stereocenters. The Morgan fingerprint density at radius 3 is 2.86 bits per heavy atom. The number of hydrogen-bond donors (Lipinski definition) is 1. The van der Waals surface area contributed by atoms with Crippen molar-refractivity contribution in [2.24, 2.45) is 5.92 Å². The Hall–Kier alpha value is -0.120. The lowest BCUT2D eigenvalue weighted by Gasteiger charge is -2.43. The van der Waals surface area contributed by atoms with Crippen LogP contribution in [0.4, 0.5) is 0 Å². The third-order valence-corrected chi connectivity index (χ3v) is 3.49. The molecule has 1 N–H and O–H groups in total. The summed E-state index contributed by atoms with van der Waals surface area (Å²) in [6.07, 6.45) is 1.18. The molecular formula is C11H22N2O. The van der Waals surface area contributed by atoms with Gasteiger partial charge in [-0.3, -0.25) is 0 Å². The van der Waals surface area contributed by atoms with Crippen molar-refractivity contribution in [2.45, 2.75) is 32.4 Å². The van der Waals surface area contributed by atoms with Crippen LogP contribution in [0.15, 0.2) is 0 Å². The van der Waals surface area contributed by atoms with Crippen molar-refractivity contribution in [1.29, 1.82) is 0 Å². The Bertz CT molecular complexity index is 180. The van der Waals surface area contributed by atoms with Crippen molar-refractivity contribution >= 4 is 0 Å². The second-order valence-corrected chi connectivity index (χ2v) is 4.66. The van der Waals surface area contributed by atoms with Crippen LogP contribution in [0.3, 0.4) is 0 Å². The first kappa shape index (κ1) is 10.4. The van der Waals surface area contributed by atoms with Gasteiger partial charge < -0.3 is 15.0 Å². The first-order valence-corrected chi connectivity index (χ1v) is 5.85. The van der Waals surface area contributed by atoms with Gasteiger partial charge in [0.25, 0.3) is 0 Å². The Kier molecular flexibility index (Phi) is 3.42. The molecule has 0 aromatic heterocycles. The van der Waals surface area contributed by atoms with E-state index in [4.69, 9.17) is 4.74 Å². The lowest BCUT2D eigenvalue weighted by atomic mass is 9.95. The van der Waals surface area contributed by atoms with E-state index >= 15 is 0 Å². The maximum Gasteiger partial charge on any atom is 0.0506 e. The highest BCUT2D eigenvalue weighted by Crippen LogP contribution is 2.17. The van der Waals surface area contributed by atoms with Crippen LogP contribution in [0.2, 0.25) is 0 Å². The van der Waals surface area contributed by atoms with Crippen LogP contribution >= 0.6 is 0 Å². The summed E-state index contributed by atoms with van der Waals surface area (Å²) in [5, 5.41) is 3.75. The second-order valence-electron chi connectivity index (χ2n) is 4.66. The third kappa shape index (κ3) is 2.27. The van der Waals surface area contributed by atoms with E-state index in [1.165, 1.54) is 26.1 Å². The van der Waals surface area contributed by atoms with E-state index in [0.717, 1.165) is 19.3 Å². The molecular weight excluding hydrogens is 176 g/mol. The predicted octanol–water partition coefficient (Wildman–Crippen LogP) is 0.705. The molecule has 0 saturated carbocycles. The molecule has 2 rings (SSSR count). The van der Waals surface area contributed by atoms with Gasteiger partial charge in [-0.15, -0.1) is 0 Å². The molecule has 2 heterocycles. The zero-order valence-corrected chi connectivity index (χ0v) is 9.33. The Morgan fingerprint density at radius 1 is 1.43 bits per heavy atom. The first-order chi connectivity index (χ1) is 6.79. The maximum atomic E-state index is 5.44. The Balaban J connectivity index is 1.69. The summed E-state index contributed by atoms with van der Waals surface area (Å²) in [5.74, 6) is 0.680. The third-order valence-electron chi connectivity index (χ3n) is 3.49. The predicted molar refractivity (Wildman–Crippen MR) is 57.4 cm³/mol. The minimum absolute atomic E-state index is 0.680. The van der Waals surface area contributed by atoms with E-state index in [1.54, 1.807) is 0 Å². The largest absolute Gasteiger partial charge is 0.381 e. The lowest BCUT2D eigenvalue weighted by Crippen LogP contribution is -2.61. The number of nitrogens with zero attached hydrogens (tertiary/aromatic N) is 1. The van der Waals surface area contributed by atoms with Crippen LogP contribution in [0, 0.1) is 5.92 Å². The van der Waals surface area contributed by atoms with Crippen LogP contribution < -0.4 is 5.32 Å². The molecule has 0 bridgehead atoms. The minimum atomic E-state index is 0.680. The summed E-state index contributed by atoms with van der Waals surface area (Å²) in [6, 6.07) is 1.42. The van der Waals surface area contributed by atoms with Crippen molar-refractivity contribution in [2.75, 3.05) is 32.8 Å². The summed E-state index contributed by atoms with van der Waals surface area (Å²) in [5.41, 5.74) is 0. The van der Waals surface area contributed by atoms with Gasteiger partial charge >= 0.3 is 0 Å². The number of likely N-dealkylation sites (N-methyl/N-ethyl adjacent to an activating group) is 1. The molecule has 2 aliphatic rings. The van der Waals surface area contributed by atoms with Gasteiger partial charge in [0.2, 0.25) is 0 Å². The van der Waals surface area contributed by atoms with E-state index in [9.17, 15) is 0 Å². The minimum Gasteiger partial charge on any atom is -0.381 e. The van der Waals surface area contributed by atoms with E-state index in [0.29, 0.717) is 12.0 Å². The van der Waals surface area contributed by atoms with Gasteiger partial charge in [0.15, 0.2) is 0 Å². The summed E-state index contributed by atoms with van der Waals surface area (Å²) in [4.78, 5) is 2.47. The molecule has 14 heavy (non-hydrogen) atoms. The Labute approximate surface area is 86.8 Å². The highest BCUT2D eigenvalue weighted by molar-refractivity contribution is 4.89. The van der Waals surface area contributed by atoms with Gasteiger partial charge in [0, 0.05) is 31.8 Å². The molecule has 2 atom stereocenters. The molecule has 0 radical (unpaired) electrons. The molecule has 0 aromatic rings. The van der Waals surface area contributed by atoms with Crippen LogP contribution in [-0.4, -0.2) is 49.8 Å². The fraction of sp³-hybridized carbons (Fsp3) is 1.00. The monoisotopic (exact) mass is 198 g/mol. The molecule has 3 heteroatoms. The number of ether oxygens (including phenoxy) is 1. The van der Waals surface area contributed by atoms with Crippen LogP contribution in [0.1, 0.15) is 20.3 Å². The molecule has 82 valence electrons. The smallest absolute Gasteiger partial charge is 0.0506 e. The molecule has 0 amide bonds. The van der Waals surface area contributed by atoms with Gasteiger partial charge in [-0.05, 0) is 18.9 Å². The topological polar surface area (TPSA) is 24.5 Å². The fourth-order valence-corrected chi connectivity index (χ4v) is 2.36. The van der Waals surface area contributed by atoms with Crippen molar-refractivity contribution in [3.63, 3.8) is 0 Å².